The van der Waals surface area contributed by atoms with Crippen molar-refractivity contribution in [2.75, 3.05) is 5.32 Å². The van der Waals surface area contributed by atoms with Gasteiger partial charge in [0.1, 0.15) is 17.9 Å². The molecule has 9 heteroatoms. The summed E-state index contributed by atoms with van der Waals surface area (Å²) in [6.45, 7) is 5.34. The topological polar surface area (TPSA) is 110 Å². The Labute approximate surface area is 154 Å². The SMILES string of the molecule is CC(C)(C)OC(=O)Nc1nc(/C(=N/OCc2ccccc2)C(=O)O)cs1. The number of aromatic nitrogens is 1. The number of hydrogen-bond acceptors (Lipinski definition) is 7. The largest absolute Gasteiger partial charge is 0.476 e. The average Bonchev–Trinajstić information content (AvgIpc) is 2.98. The zero-order valence-corrected chi connectivity index (χ0v) is 15.4. The van der Waals surface area contributed by atoms with E-state index in [1.165, 1.54) is 5.38 Å². The molecule has 1 aromatic heterocycles. The predicted molar refractivity (Wildman–Crippen MR) is 97.4 cm³/mol. The van der Waals surface area contributed by atoms with Crippen molar-refractivity contribution in [3.63, 3.8) is 0 Å². The first-order valence-electron chi connectivity index (χ1n) is 7.67. The van der Waals surface area contributed by atoms with Crippen LogP contribution < -0.4 is 5.32 Å². The van der Waals surface area contributed by atoms with Gasteiger partial charge in [-0.1, -0.05) is 35.5 Å². The summed E-state index contributed by atoms with van der Waals surface area (Å²) >= 11 is 1.06. The minimum absolute atomic E-state index is 0.0848. The summed E-state index contributed by atoms with van der Waals surface area (Å²) in [5, 5.41) is 17.1. The van der Waals surface area contributed by atoms with Crippen LogP contribution in [0.25, 0.3) is 0 Å². The van der Waals surface area contributed by atoms with Crippen LogP contribution in [0.15, 0.2) is 40.9 Å². The third-order valence-electron chi connectivity index (χ3n) is 2.79. The monoisotopic (exact) mass is 377 g/mol. The summed E-state index contributed by atoms with van der Waals surface area (Å²) in [6.07, 6.45) is -0.674. The number of thiazole rings is 1. The van der Waals surface area contributed by atoms with Gasteiger partial charge in [-0.2, -0.15) is 0 Å². The quantitative estimate of drug-likeness (QED) is 0.589. The molecule has 0 aliphatic carbocycles. The average molecular weight is 377 g/mol. The summed E-state index contributed by atoms with van der Waals surface area (Å²) in [5.74, 6) is -1.29. The van der Waals surface area contributed by atoms with Crippen LogP contribution in [0.5, 0.6) is 0 Å². The van der Waals surface area contributed by atoms with Gasteiger partial charge in [0.25, 0.3) is 0 Å². The van der Waals surface area contributed by atoms with Crippen molar-refractivity contribution in [1.82, 2.24) is 4.98 Å². The molecule has 26 heavy (non-hydrogen) atoms. The van der Waals surface area contributed by atoms with Crippen LogP contribution in [0.1, 0.15) is 32.0 Å². The molecule has 0 aliphatic rings. The van der Waals surface area contributed by atoms with Crippen molar-refractivity contribution in [2.24, 2.45) is 5.16 Å². The number of carboxylic acids is 1. The summed E-state index contributed by atoms with van der Waals surface area (Å²) in [6, 6.07) is 9.22. The molecule has 2 N–H and O–H groups in total. The number of nitrogens with zero attached hydrogens (tertiary/aromatic N) is 2. The maximum Gasteiger partial charge on any atom is 0.413 e. The molecule has 1 heterocycles. The normalized spacial score (nSPS) is 11.7. The van der Waals surface area contributed by atoms with Crippen molar-refractivity contribution in [3.05, 3.63) is 47.0 Å². The Bertz CT molecular complexity index is 796. The number of anilines is 1. The second kappa shape index (κ2) is 8.43. The van der Waals surface area contributed by atoms with Gasteiger partial charge in [0.05, 0.1) is 0 Å². The summed E-state index contributed by atoms with van der Waals surface area (Å²) in [7, 11) is 0. The number of carbonyl (C=O) groups is 2. The van der Waals surface area contributed by atoms with Gasteiger partial charge in [0.15, 0.2) is 5.13 Å². The van der Waals surface area contributed by atoms with Crippen molar-refractivity contribution in [3.8, 4) is 0 Å². The molecule has 1 aromatic carbocycles. The highest BCUT2D eigenvalue weighted by Crippen LogP contribution is 2.18. The molecule has 0 bridgehead atoms. The lowest BCUT2D eigenvalue weighted by atomic mass is 10.2. The lowest BCUT2D eigenvalue weighted by Crippen LogP contribution is -2.27. The summed E-state index contributed by atoms with van der Waals surface area (Å²) in [5.41, 5.74) is -0.0639. The smallest absolute Gasteiger partial charge is 0.413 e. The highest BCUT2D eigenvalue weighted by Gasteiger charge is 2.20. The second-order valence-electron chi connectivity index (χ2n) is 6.17. The predicted octanol–water partition coefficient (Wildman–Crippen LogP) is 3.50. The van der Waals surface area contributed by atoms with Gasteiger partial charge in [-0.05, 0) is 26.3 Å². The molecular weight excluding hydrogens is 358 g/mol. The minimum atomic E-state index is -1.29. The van der Waals surface area contributed by atoms with Crippen LogP contribution in [-0.2, 0) is 21.0 Å². The van der Waals surface area contributed by atoms with E-state index in [2.05, 4.69) is 15.5 Å². The molecule has 0 spiro atoms. The fourth-order valence-corrected chi connectivity index (χ4v) is 2.45. The van der Waals surface area contributed by atoms with Gasteiger partial charge in [-0.3, -0.25) is 5.32 Å². The van der Waals surface area contributed by atoms with E-state index in [0.717, 1.165) is 16.9 Å². The Morgan fingerprint density at radius 2 is 1.96 bits per heavy atom. The molecule has 0 unspecified atom stereocenters. The zero-order chi connectivity index (χ0) is 19.2. The highest BCUT2D eigenvalue weighted by molar-refractivity contribution is 7.14. The van der Waals surface area contributed by atoms with Crippen LogP contribution >= 0.6 is 11.3 Å². The number of rotatable bonds is 6. The number of benzene rings is 1. The number of amides is 1. The summed E-state index contributed by atoms with van der Waals surface area (Å²) in [4.78, 5) is 32.3. The number of nitrogens with one attached hydrogen (secondary N) is 1. The van der Waals surface area contributed by atoms with E-state index in [1.54, 1.807) is 20.8 Å². The van der Waals surface area contributed by atoms with Crippen molar-refractivity contribution in [1.29, 1.82) is 0 Å². The van der Waals surface area contributed by atoms with Crippen LogP contribution in [0.2, 0.25) is 0 Å². The molecular formula is C17H19N3O5S. The number of ether oxygens (including phenoxy) is 1. The van der Waals surface area contributed by atoms with E-state index < -0.39 is 17.7 Å². The number of oxime groups is 1. The lowest BCUT2D eigenvalue weighted by molar-refractivity contribution is -0.129. The molecule has 0 saturated carbocycles. The van der Waals surface area contributed by atoms with Crippen LogP contribution in [0, 0.1) is 0 Å². The molecule has 0 fully saturated rings. The number of carboxylic acid groups (broad SMARTS) is 1. The van der Waals surface area contributed by atoms with Gasteiger partial charge in [-0.25, -0.2) is 14.6 Å². The molecule has 2 rings (SSSR count). The number of hydrogen-bond donors (Lipinski definition) is 2. The number of aliphatic carboxylic acids is 1. The van der Waals surface area contributed by atoms with E-state index in [-0.39, 0.29) is 23.1 Å². The van der Waals surface area contributed by atoms with Gasteiger partial charge in [-0.15, -0.1) is 11.3 Å². The van der Waals surface area contributed by atoms with Crippen molar-refractivity contribution in [2.45, 2.75) is 33.0 Å². The highest BCUT2D eigenvalue weighted by atomic mass is 32.1. The molecule has 8 nitrogen and oxygen atoms in total. The number of carbonyl (C=O) groups excluding carboxylic acids is 1. The van der Waals surface area contributed by atoms with Crippen LogP contribution in [0.4, 0.5) is 9.93 Å². The van der Waals surface area contributed by atoms with E-state index >= 15 is 0 Å². The first-order valence-corrected chi connectivity index (χ1v) is 8.55. The maximum absolute atomic E-state index is 11.7. The maximum atomic E-state index is 11.7. The van der Waals surface area contributed by atoms with Gasteiger partial charge >= 0.3 is 12.1 Å². The van der Waals surface area contributed by atoms with Crippen molar-refractivity contribution < 1.29 is 24.3 Å². The lowest BCUT2D eigenvalue weighted by Gasteiger charge is -2.18. The molecule has 0 saturated heterocycles. The first kappa shape index (κ1) is 19.4. The molecule has 0 radical (unpaired) electrons. The fourth-order valence-electron chi connectivity index (χ4n) is 1.77. The Hall–Kier alpha value is -2.94. The van der Waals surface area contributed by atoms with E-state index in [9.17, 15) is 14.7 Å². The Morgan fingerprint density at radius 1 is 1.27 bits per heavy atom. The Kier molecular flexibility index (Phi) is 6.29. The van der Waals surface area contributed by atoms with Crippen LogP contribution in [-0.4, -0.2) is 33.5 Å². The van der Waals surface area contributed by atoms with Gasteiger partial charge in [0.2, 0.25) is 5.71 Å². The first-order chi connectivity index (χ1) is 12.2. The molecule has 2 aromatic rings. The van der Waals surface area contributed by atoms with Gasteiger partial charge in [0, 0.05) is 5.38 Å². The van der Waals surface area contributed by atoms with Gasteiger partial charge < -0.3 is 14.7 Å². The Balaban J connectivity index is 2.04. The van der Waals surface area contributed by atoms with Crippen LogP contribution in [0.3, 0.4) is 0 Å². The molecule has 0 atom stereocenters. The standard InChI is InChI=1S/C17H19N3O5S/c1-17(2,3)25-16(23)19-15-18-12(10-26-15)13(14(21)22)20-24-9-11-7-5-4-6-8-11/h4-8,10H,9H2,1-3H3,(H,21,22)(H,18,19,23)/b20-13-. The van der Waals surface area contributed by atoms with E-state index in [4.69, 9.17) is 9.57 Å². The van der Waals surface area contributed by atoms with Crippen molar-refractivity contribution >= 4 is 34.2 Å². The fraction of sp³-hybridized carbons (Fsp3) is 0.294. The van der Waals surface area contributed by atoms with E-state index in [1.807, 2.05) is 30.3 Å². The molecule has 138 valence electrons. The molecule has 1 amide bonds. The summed E-state index contributed by atoms with van der Waals surface area (Å²) < 4.78 is 5.12. The molecule has 0 aliphatic heterocycles. The zero-order valence-electron chi connectivity index (χ0n) is 14.6. The third kappa shape index (κ3) is 6.17. The minimum Gasteiger partial charge on any atom is -0.476 e. The second-order valence-corrected chi connectivity index (χ2v) is 7.03. The third-order valence-corrected chi connectivity index (χ3v) is 3.54. The van der Waals surface area contributed by atoms with E-state index in [0.29, 0.717) is 0 Å². The Morgan fingerprint density at radius 3 is 2.58 bits per heavy atom.